The molecule has 9 nitrogen and oxygen atoms in total. The van der Waals surface area contributed by atoms with Crippen LogP contribution in [0.25, 0.3) is 10.9 Å². The lowest BCUT2D eigenvalue weighted by atomic mass is 9.81. The van der Waals surface area contributed by atoms with Crippen molar-refractivity contribution in [3.05, 3.63) is 111 Å². The van der Waals surface area contributed by atoms with Crippen LogP contribution in [0.2, 0.25) is 0 Å². The molecule has 0 saturated heterocycles. The van der Waals surface area contributed by atoms with Gasteiger partial charge in [0.25, 0.3) is 5.56 Å². The average molecular weight is 581 g/mol. The lowest BCUT2D eigenvalue weighted by Gasteiger charge is -2.28. The third kappa shape index (κ3) is 7.17. The number of rotatable bonds is 10. The third-order valence-corrected chi connectivity index (χ3v) is 8.22. The first-order chi connectivity index (χ1) is 20.8. The molecule has 0 atom stereocenters. The van der Waals surface area contributed by atoms with Crippen LogP contribution in [0.4, 0.5) is 5.69 Å². The minimum absolute atomic E-state index is 0.0570. The van der Waals surface area contributed by atoms with Gasteiger partial charge >= 0.3 is 5.69 Å². The summed E-state index contributed by atoms with van der Waals surface area (Å²) in [5.74, 6) is -0.450. The van der Waals surface area contributed by atoms with Gasteiger partial charge in [0, 0.05) is 30.3 Å². The lowest BCUT2D eigenvalue weighted by Crippen LogP contribution is -2.43. The van der Waals surface area contributed by atoms with Crippen LogP contribution < -0.4 is 21.9 Å². The summed E-state index contributed by atoms with van der Waals surface area (Å²) in [6.07, 6.45) is 3.63. The monoisotopic (exact) mass is 580 g/mol. The maximum absolute atomic E-state index is 13.6. The van der Waals surface area contributed by atoms with Gasteiger partial charge in [0.05, 0.1) is 10.9 Å². The number of aromatic nitrogens is 2. The quantitative estimate of drug-likeness (QED) is 0.273. The number of hydrogen-bond donors (Lipinski definition) is 2. The van der Waals surface area contributed by atoms with Crippen LogP contribution in [-0.4, -0.2) is 33.3 Å². The summed E-state index contributed by atoms with van der Waals surface area (Å²) >= 11 is 0. The van der Waals surface area contributed by atoms with E-state index in [2.05, 4.69) is 10.6 Å². The molecule has 9 heteroatoms. The number of ketones is 1. The standard InChI is InChI=1S/C34H36N4O5/c1-23(39)26-15-17-28(18-16-26)36-31(40)22-37-30-10-6-5-9-29(30)33(42)38(34(37)43)21-25-11-13-27(14-12-25)32(41)35-20-19-24-7-3-2-4-8-24/h2-10,15-18,25,27H,11-14,19-22H2,1H3,(H,35,41)(H,36,40). The number of carbonyl (C=O) groups excluding carboxylic acids is 3. The van der Waals surface area contributed by atoms with Crippen molar-refractivity contribution in [1.82, 2.24) is 14.5 Å². The van der Waals surface area contributed by atoms with Gasteiger partial charge in [-0.25, -0.2) is 4.79 Å². The van der Waals surface area contributed by atoms with Crippen LogP contribution in [0, 0.1) is 11.8 Å². The second-order valence-corrected chi connectivity index (χ2v) is 11.2. The van der Waals surface area contributed by atoms with Gasteiger partial charge in [-0.3, -0.25) is 28.3 Å². The largest absolute Gasteiger partial charge is 0.356 e. The molecule has 1 heterocycles. The Balaban J connectivity index is 1.25. The van der Waals surface area contributed by atoms with E-state index in [0.29, 0.717) is 41.5 Å². The molecule has 0 unspecified atom stereocenters. The zero-order valence-electron chi connectivity index (χ0n) is 24.3. The van der Waals surface area contributed by atoms with Crippen LogP contribution in [-0.2, 0) is 29.1 Å². The number of amides is 2. The Labute approximate surface area is 249 Å². The van der Waals surface area contributed by atoms with Crippen molar-refractivity contribution < 1.29 is 14.4 Å². The molecular formula is C34H36N4O5. The van der Waals surface area contributed by atoms with Crippen molar-refractivity contribution in [2.24, 2.45) is 11.8 Å². The Morgan fingerprint density at radius 2 is 1.49 bits per heavy atom. The molecular weight excluding hydrogens is 544 g/mol. The Bertz CT molecular complexity index is 1730. The zero-order chi connectivity index (χ0) is 30.3. The molecule has 5 rings (SSSR count). The number of carbonyl (C=O) groups is 3. The van der Waals surface area contributed by atoms with E-state index >= 15 is 0 Å². The van der Waals surface area contributed by atoms with Crippen LogP contribution >= 0.6 is 0 Å². The van der Waals surface area contributed by atoms with Crippen molar-refractivity contribution >= 4 is 34.2 Å². The molecule has 0 aliphatic heterocycles. The van der Waals surface area contributed by atoms with E-state index in [1.807, 2.05) is 30.3 Å². The van der Waals surface area contributed by atoms with E-state index in [0.717, 1.165) is 19.3 Å². The van der Waals surface area contributed by atoms with E-state index in [1.165, 1.54) is 21.6 Å². The first kappa shape index (κ1) is 29.7. The first-order valence-electron chi connectivity index (χ1n) is 14.7. The number of nitrogens with zero attached hydrogens (tertiary/aromatic N) is 2. The van der Waals surface area contributed by atoms with E-state index in [9.17, 15) is 24.0 Å². The summed E-state index contributed by atoms with van der Waals surface area (Å²) in [5, 5.41) is 6.19. The molecule has 0 spiro atoms. The van der Waals surface area contributed by atoms with Gasteiger partial charge in [-0.2, -0.15) is 0 Å². The molecule has 1 saturated carbocycles. The highest BCUT2D eigenvalue weighted by atomic mass is 16.2. The SMILES string of the molecule is CC(=O)c1ccc(NC(=O)Cn2c(=O)n(CC3CCC(C(=O)NCCc4ccccc4)CC3)c(=O)c3ccccc32)cc1. The number of para-hydroxylation sites is 1. The normalized spacial score (nSPS) is 16.5. The van der Waals surface area contributed by atoms with E-state index in [1.54, 1.807) is 48.5 Å². The number of benzene rings is 3. The molecule has 1 aliphatic rings. The van der Waals surface area contributed by atoms with Gasteiger partial charge in [-0.1, -0.05) is 42.5 Å². The zero-order valence-corrected chi connectivity index (χ0v) is 24.3. The number of nitrogens with one attached hydrogen (secondary N) is 2. The topological polar surface area (TPSA) is 119 Å². The Kier molecular flexibility index (Phi) is 9.29. The van der Waals surface area contributed by atoms with Gasteiger partial charge in [0.15, 0.2) is 5.78 Å². The number of anilines is 1. The first-order valence-corrected chi connectivity index (χ1v) is 14.7. The van der Waals surface area contributed by atoms with E-state index < -0.39 is 11.6 Å². The molecule has 2 amide bonds. The van der Waals surface area contributed by atoms with E-state index in [-0.39, 0.29) is 42.2 Å². The van der Waals surface area contributed by atoms with Gasteiger partial charge < -0.3 is 10.6 Å². The molecule has 0 radical (unpaired) electrons. The predicted octanol–water partition coefficient (Wildman–Crippen LogP) is 4.17. The summed E-state index contributed by atoms with van der Waals surface area (Å²) in [6.45, 7) is 2.02. The fraction of sp³-hybridized carbons (Fsp3) is 0.324. The fourth-order valence-electron chi connectivity index (χ4n) is 5.80. The summed E-state index contributed by atoms with van der Waals surface area (Å²) < 4.78 is 2.57. The molecule has 2 N–H and O–H groups in total. The third-order valence-electron chi connectivity index (χ3n) is 8.22. The molecule has 1 fully saturated rings. The molecule has 43 heavy (non-hydrogen) atoms. The second-order valence-electron chi connectivity index (χ2n) is 11.2. The van der Waals surface area contributed by atoms with Crippen LogP contribution in [0.3, 0.4) is 0 Å². The highest BCUT2D eigenvalue weighted by Gasteiger charge is 2.27. The van der Waals surface area contributed by atoms with Gasteiger partial charge in [0.1, 0.15) is 6.54 Å². The maximum atomic E-state index is 13.6. The maximum Gasteiger partial charge on any atom is 0.331 e. The van der Waals surface area contributed by atoms with Crippen molar-refractivity contribution in [2.45, 2.75) is 52.1 Å². The highest BCUT2D eigenvalue weighted by Crippen LogP contribution is 2.29. The number of hydrogen-bond acceptors (Lipinski definition) is 5. The molecule has 222 valence electrons. The van der Waals surface area contributed by atoms with Gasteiger partial charge in [0.2, 0.25) is 11.8 Å². The van der Waals surface area contributed by atoms with Gasteiger partial charge in [-0.05, 0) is 86.9 Å². The van der Waals surface area contributed by atoms with Crippen LogP contribution in [0.1, 0.15) is 48.5 Å². The number of fused-ring (bicyclic) bond motifs is 1. The fourth-order valence-corrected chi connectivity index (χ4v) is 5.80. The Morgan fingerprint density at radius 1 is 0.814 bits per heavy atom. The molecule has 0 bridgehead atoms. The lowest BCUT2D eigenvalue weighted by molar-refractivity contribution is -0.126. The summed E-state index contributed by atoms with van der Waals surface area (Å²) in [4.78, 5) is 64.3. The van der Waals surface area contributed by atoms with Crippen LogP contribution in [0.15, 0.2) is 88.5 Å². The second kappa shape index (κ2) is 13.5. The van der Waals surface area contributed by atoms with E-state index in [4.69, 9.17) is 0 Å². The molecule has 1 aliphatic carbocycles. The molecule has 1 aromatic heterocycles. The molecule has 4 aromatic rings. The Hall–Kier alpha value is -4.79. The van der Waals surface area contributed by atoms with Crippen molar-refractivity contribution in [2.75, 3.05) is 11.9 Å². The summed E-state index contributed by atoms with van der Waals surface area (Å²) in [5.41, 5.74) is 1.70. The van der Waals surface area contributed by atoms with Gasteiger partial charge in [-0.15, -0.1) is 0 Å². The number of Topliss-reactive ketones (excluding diaryl/α,β-unsaturated/α-hetero) is 1. The molecule has 3 aromatic carbocycles. The summed E-state index contributed by atoms with van der Waals surface area (Å²) in [6, 6.07) is 23.4. The summed E-state index contributed by atoms with van der Waals surface area (Å²) in [7, 11) is 0. The minimum atomic E-state index is -0.536. The highest BCUT2D eigenvalue weighted by molar-refractivity contribution is 5.95. The Morgan fingerprint density at radius 3 is 2.19 bits per heavy atom. The van der Waals surface area contributed by atoms with Crippen LogP contribution in [0.5, 0.6) is 0 Å². The van der Waals surface area contributed by atoms with Crippen molar-refractivity contribution in [3.63, 3.8) is 0 Å². The van der Waals surface area contributed by atoms with Crippen molar-refractivity contribution in [3.8, 4) is 0 Å². The minimum Gasteiger partial charge on any atom is -0.356 e. The predicted molar refractivity (Wildman–Crippen MR) is 166 cm³/mol. The van der Waals surface area contributed by atoms with Crippen molar-refractivity contribution in [1.29, 1.82) is 0 Å². The average Bonchev–Trinajstić information content (AvgIpc) is 3.02. The smallest absolute Gasteiger partial charge is 0.331 e.